The molecule has 0 saturated carbocycles. The van der Waals surface area contributed by atoms with Gasteiger partial charge in [0.1, 0.15) is 36.8 Å². The van der Waals surface area contributed by atoms with Gasteiger partial charge in [-0.2, -0.15) is 5.21 Å². The maximum Gasteiger partial charge on any atom is 0.317 e. The van der Waals surface area contributed by atoms with Gasteiger partial charge in [-0.05, 0) is 110 Å². The van der Waals surface area contributed by atoms with Crippen molar-refractivity contribution in [3.05, 3.63) is 5.82 Å². The van der Waals surface area contributed by atoms with Crippen LogP contribution in [0, 0.1) is 0 Å². The van der Waals surface area contributed by atoms with Crippen molar-refractivity contribution in [2.75, 3.05) is 85.8 Å². The number of aromatic nitrogens is 4. The van der Waals surface area contributed by atoms with Crippen molar-refractivity contribution in [3.63, 3.8) is 0 Å². The predicted molar refractivity (Wildman–Crippen MR) is 339 cm³/mol. The number of likely N-dealkylation sites (tertiary alicyclic amines) is 2. The molecule has 526 valence electrons. The molecule has 93 heavy (non-hydrogen) atoms. The highest BCUT2D eigenvalue weighted by atomic mass is 16.5. The highest BCUT2D eigenvalue weighted by Gasteiger charge is 2.41. The van der Waals surface area contributed by atoms with Gasteiger partial charge in [-0.25, -0.2) is 0 Å². The summed E-state index contributed by atoms with van der Waals surface area (Å²) in [5.41, 5.74) is 16.7. The number of carboxylic acids is 3. The van der Waals surface area contributed by atoms with E-state index in [0.29, 0.717) is 45.2 Å². The molecule has 33 nitrogen and oxygen atoms in total. The van der Waals surface area contributed by atoms with E-state index in [1.54, 1.807) is 0 Å². The number of carboxylic acid groups (broad SMARTS) is 3. The number of nitrogens with two attached hydrogens (primary N) is 3. The molecule has 1 aromatic heterocycles. The maximum atomic E-state index is 14.1. The number of carbonyl (C=O) groups excluding carboxylic acids is 8. The number of hydrogen-bond acceptors (Lipinski definition) is 19. The van der Waals surface area contributed by atoms with E-state index in [-0.39, 0.29) is 109 Å². The van der Waals surface area contributed by atoms with Crippen LogP contribution in [0.3, 0.4) is 0 Å². The van der Waals surface area contributed by atoms with Gasteiger partial charge >= 0.3 is 17.9 Å². The highest BCUT2D eigenvalue weighted by molar-refractivity contribution is 5.98. The van der Waals surface area contributed by atoms with E-state index in [0.717, 1.165) is 55.8 Å². The van der Waals surface area contributed by atoms with Crippen LogP contribution in [-0.4, -0.2) is 244 Å². The van der Waals surface area contributed by atoms with Gasteiger partial charge in [0.2, 0.25) is 47.3 Å². The van der Waals surface area contributed by atoms with Gasteiger partial charge in [-0.1, -0.05) is 75.8 Å². The summed E-state index contributed by atoms with van der Waals surface area (Å²) in [5, 5.41) is 58.2. The Bertz CT molecular complexity index is 2460. The molecule has 0 spiro atoms. The van der Waals surface area contributed by atoms with Gasteiger partial charge in [0.05, 0.1) is 45.4 Å². The van der Waals surface area contributed by atoms with Crippen LogP contribution < -0.4 is 49.1 Å². The number of aromatic amines is 1. The SMILES string of the molecule is CN1CCC[C@@H]1C(=O)N1CCC[C@@H]1C(=O)N[C@@H](CCCN=C(N)N)C(=O)N[C@@H](CC(=O)O)C(=O)N[C@@H](CCCCN(CC(=O)O)CC(=O)O)C(=O)N[C@@H](CCCCNC(=O)COCCOCCNC(=O)CCCCCCCCCCCCCCCc1nn[nH]n1)C(N)=O. The minimum Gasteiger partial charge on any atom is -0.481 e. The second-order valence-corrected chi connectivity index (χ2v) is 23.8. The lowest BCUT2D eigenvalue weighted by atomic mass is 10.0. The first-order chi connectivity index (χ1) is 44.6. The van der Waals surface area contributed by atoms with Crippen molar-refractivity contribution in [2.45, 2.75) is 216 Å². The van der Waals surface area contributed by atoms with Crippen molar-refractivity contribution in [2.24, 2.45) is 22.2 Å². The maximum absolute atomic E-state index is 14.1. The third-order valence-corrected chi connectivity index (χ3v) is 16.1. The van der Waals surface area contributed by atoms with E-state index < -0.39 is 109 Å². The average Bonchev–Trinajstić information content (AvgIpc) is 1.73. The Morgan fingerprint density at radius 2 is 1.15 bits per heavy atom. The van der Waals surface area contributed by atoms with Gasteiger partial charge < -0.3 is 78.8 Å². The molecule has 8 amide bonds. The fraction of sp³-hybridized carbons (Fsp3) is 0.783. The molecule has 2 aliphatic heterocycles. The normalized spacial score (nSPS) is 16.0. The number of rotatable bonds is 54. The quantitative estimate of drug-likeness (QED) is 0.0218. The van der Waals surface area contributed by atoms with Crippen molar-refractivity contribution < 1.29 is 77.5 Å². The summed E-state index contributed by atoms with van der Waals surface area (Å²) >= 11 is 0. The van der Waals surface area contributed by atoms with Crippen LogP contribution in [-0.2, 0) is 68.6 Å². The van der Waals surface area contributed by atoms with Crippen LogP contribution in [0.5, 0.6) is 0 Å². The Morgan fingerprint density at radius 3 is 1.75 bits per heavy atom. The fourth-order valence-electron chi connectivity index (χ4n) is 11.1. The standard InChI is InChI=1S/C60H105N17O16/c1-75-32-20-26-47(75)59(91)77-34-21-25-46(77)58(90)69-44(24-19-30-66-60(62)63)56(88)70-45(38-51(80)81)57(89)68-43(23-16-18-33-76(39-52(82)83)40-53(84)85)55(87)67-42(54(61)86)22-15-17-29-64-50(79)41-93-37-36-92-35-31-65-49(78)28-14-12-10-8-6-4-2-3-5-7-9-11-13-27-48-71-73-74-72-48/h42-47H,2-41H2,1H3,(H2,61,86)(H,64,79)(H,65,78)(H,67,87)(H,68,89)(H,69,90)(H,70,88)(H,80,81)(H,82,83)(H,84,85)(H4,62,63,66)(H,71,72,73,74)/t42-,43-,44-,45-,46+,47+/m0/s1. The number of hydrogen-bond donors (Lipinski definition) is 13. The lowest BCUT2D eigenvalue weighted by molar-refractivity contribution is -0.143. The number of aliphatic carboxylic acids is 3. The Kier molecular flexibility index (Phi) is 40.4. The summed E-state index contributed by atoms with van der Waals surface area (Å²) in [6.45, 7) is 0.654. The number of H-pyrrole nitrogens is 1. The third kappa shape index (κ3) is 35.8. The zero-order chi connectivity index (χ0) is 68.2. The Hall–Kier alpha value is -7.65. The van der Waals surface area contributed by atoms with Crippen LogP contribution in [0.4, 0.5) is 0 Å². The molecule has 2 aliphatic rings. The number of nitrogens with zero attached hydrogens (tertiary/aromatic N) is 7. The van der Waals surface area contributed by atoms with E-state index in [2.05, 4.69) is 57.5 Å². The summed E-state index contributed by atoms with van der Waals surface area (Å²) < 4.78 is 10.9. The number of ether oxygens (including phenoxy) is 2. The molecule has 0 unspecified atom stereocenters. The summed E-state index contributed by atoms with van der Waals surface area (Å²) in [6.07, 6.45) is 18.4. The molecule has 0 radical (unpaired) electrons. The molecular formula is C60H105N17O16. The molecule has 1 aromatic rings. The predicted octanol–water partition coefficient (Wildman–Crippen LogP) is -0.681. The molecule has 0 aliphatic carbocycles. The molecule has 3 heterocycles. The van der Waals surface area contributed by atoms with Gasteiger partial charge in [-0.3, -0.25) is 67.5 Å². The molecule has 33 heteroatoms. The molecule has 6 atom stereocenters. The lowest BCUT2D eigenvalue weighted by Gasteiger charge is -2.30. The van der Waals surface area contributed by atoms with Crippen molar-refractivity contribution >= 4 is 71.1 Å². The van der Waals surface area contributed by atoms with Gasteiger partial charge in [0, 0.05) is 39.0 Å². The number of amides is 8. The van der Waals surface area contributed by atoms with E-state index in [4.69, 9.17) is 26.7 Å². The Balaban J connectivity index is 1.44. The van der Waals surface area contributed by atoms with E-state index in [9.17, 15) is 68.1 Å². The van der Waals surface area contributed by atoms with Crippen LogP contribution in [0.1, 0.15) is 179 Å². The van der Waals surface area contributed by atoms with Gasteiger partial charge in [-0.15, -0.1) is 10.2 Å². The highest BCUT2D eigenvalue weighted by Crippen LogP contribution is 2.24. The van der Waals surface area contributed by atoms with Gasteiger partial charge in [0.25, 0.3) is 0 Å². The summed E-state index contributed by atoms with van der Waals surface area (Å²) in [5.74, 6) is -8.87. The summed E-state index contributed by atoms with van der Waals surface area (Å²) in [4.78, 5) is 151. The molecule has 3 rings (SSSR count). The van der Waals surface area contributed by atoms with Crippen LogP contribution >= 0.6 is 0 Å². The Morgan fingerprint density at radius 1 is 0.602 bits per heavy atom. The zero-order valence-electron chi connectivity index (χ0n) is 54.3. The van der Waals surface area contributed by atoms with Crippen molar-refractivity contribution in [3.8, 4) is 0 Å². The van der Waals surface area contributed by atoms with Gasteiger partial charge in [0.15, 0.2) is 11.8 Å². The number of aryl methyl sites for hydroxylation is 1. The number of unbranched alkanes of at least 4 members (excludes halogenated alkanes) is 14. The third-order valence-electron chi connectivity index (χ3n) is 16.1. The smallest absolute Gasteiger partial charge is 0.317 e. The monoisotopic (exact) mass is 1320 g/mol. The average molecular weight is 1320 g/mol. The summed E-state index contributed by atoms with van der Waals surface area (Å²) in [7, 11) is 1.83. The molecule has 2 saturated heterocycles. The van der Waals surface area contributed by atoms with E-state index >= 15 is 0 Å². The van der Waals surface area contributed by atoms with E-state index in [1.165, 1.54) is 62.7 Å². The topological polar surface area (TPSA) is 494 Å². The fourth-order valence-corrected chi connectivity index (χ4v) is 11.1. The van der Waals surface area contributed by atoms with E-state index in [1.807, 2.05) is 11.9 Å². The molecular weight excluding hydrogens is 1210 g/mol. The minimum absolute atomic E-state index is 0.0157. The first-order valence-corrected chi connectivity index (χ1v) is 33.0. The second kappa shape index (κ2) is 47.3. The first kappa shape index (κ1) is 79.6. The molecule has 16 N–H and O–H groups in total. The van der Waals surface area contributed by atoms with Crippen molar-refractivity contribution in [1.82, 2.24) is 67.2 Å². The lowest BCUT2D eigenvalue weighted by Crippen LogP contribution is -2.59. The number of nitrogens with one attached hydrogen (secondary N) is 7. The zero-order valence-corrected chi connectivity index (χ0v) is 54.3. The minimum atomic E-state index is -1.85. The molecule has 0 bridgehead atoms. The number of aliphatic imine (C=N–C) groups is 1. The Labute approximate surface area is 544 Å². The number of tetrazole rings is 1. The van der Waals surface area contributed by atoms with Crippen molar-refractivity contribution in [1.29, 1.82) is 0 Å². The second-order valence-electron chi connectivity index (χ2n) is 23.8. The largest absolute Gasteiger partial charge is 0.481 e. The molecule has 0 aromatic carbocycles. The van der Waals surface area contributed by atoms with Crippen LogP contribution in [0.2, 0.25) is 0 Å². The summed E-state index contributed by atoms with van der Waals surface area (Å²) in [6, 6.07) is -7.40. The molecule has 2 fully saturated rings. The van der Waals surface area contributed by atoms with Crippen LogP contribution in [0.25, 0.3) is 0 Å². The number of likely N-dealkylation sites (N-methyl/N-ethyl adjacent to an activating group) is 1. The first-order valence-electron chi connectivity index (χ1n) is 33.0. The number of carbonyl (C=O) groups is 11. The van der Waals surface area contributed by atoms with Crippen LogP contribution in [0.15, 0.2) is 4.99 Å². The number of guanidine groups is 1. The number of primary amides is 1.